The molecule has 0 aromatic carbocycles. The van der Waals surface area contributed by atoms with Gasteiger partial charge in [-0.05, 0) is 58.8 Å². The van der Waals surface area contributed by atoms with Gasteiger partial charge in [0.2, 0.25) is 0 Å². The summed E-state index contributed by atoms with van der Waals surface area (Å²) < 4.78 is 5.54. The van der Waals surface area contributed by atoms with Gasteiger partial charge in [0.1, 0.15) is 11.3 Å². The first-order chi connectivity index (χ1) is 13.3. The van der Waals surface area contributed by atoms with Gasteiger partial charge < -0.3 is 20.0 Å². The topological polar surface area (TPSA) is 77.8 Å². The van der Waals surface area contributed by atoms with Crippen molar-refractivity contribution in [2.75, 3.05) is 52.9 Å². The van der Waals surface area contributed by atoms with Crippen LogP contribution >= 0.6 is 0 Å². The minimum absolute atomic E-state index is 0.127. The van der Waals surface area contributed by atoms with Crippen LogP contribution in [0.4, 0.5) is 0 Å². The average Bonchev–Trinajstić information content (AvgIpc) is 2.67. The number of carbonyl (C=O) groups is 1. The molecule has 7 heteroatoms. The normalized spacial score (nSPS) is 22.2. The van der Waals surface area contributed by atoms with E-state index >= 15 is 0 Å². The van der Waals surface area contributed by atoms with Crippen molar-refractivity contribution in [2.45, 2.75) is 45.1 Å². The van der Waals surface area contributed by atoms with Crippen LogP contribution in [0.25, 0.3) is 0 Å². The van der Waals surface area contributed by atoms with E-state index in [0.29, 0.717) is 17.9 Å². The first-order valence-electron chi connectivity index (χ1n) is 10.3. The Bertz CT molecular complexity index is 745. The van der Waals surface area contributed by atoms with E-state index < -0.39 is 5.63 Å². The van der Waals surface area contributed by atoms with E-state index in [1.165, 1.54) is 0 Å². The Balaban J connectivity index is 1.66. The number of rotatable bonds is 5. The second kappa shape index (κ2) is 8.76. The molecule has 0 radical (unpaired) electrons. The maximum atomic E-state index is 12.7. The molecule has 2 N–H and O–H groups in total. The summed E-state index contributed by atoms with van der Waals surface area (Å²) in [5, 5.41) is 6.29. The van der Waals surface area contributed by atoms with Crippen molar-refractivity contribution < 1.29 is 9.21 Å². The number of amides is 1. The molecule has 2 aliphatic rings. The molecule has 2 saturated heterocycles. The van der Waals surface area contributed by atoms with Crippen molar-refractivity contribution in [2.24, 2.45) is 0 Å². The largest absolute Gasteiger partial charge is 0.427 e. The van der Waals surface area contributed by atoms with Crippen molar-refractivity contribution in [3.8, 4) is 0 Å². The number of likely N-dealkylation sites (N-methyl/N-ethyl adjacent to an activating group) is 1. The predicted octanol–water partition coefficient (Wildman–Crippen LogP) is 1.17. The van der Waals surface area contributed by atoms with Crippen LogP contribution < -0.4 is 16.3 Å². The van der Waals surface area contributed by atoms with Crippen molar-refractivity contribution in [1.29, 1.82) is 0 Å². The Morgan fingerprint density at radius 3 is 2.64 bits per heavy atom. The van der Waals surface area contributed by atoms with Crippen LogP contribution in [0.2, 0.25) is 0 Å². The lowest BCUT2D eigenvalue weighted by molar-refractivity contribution is 0.0587. The van der Waals surface area contributed by atoms with Gasteiger partial charge in [-0.3, -0.25) is 9.69 Å². The molecule has 0 bridgehead atoms. The monoisotopic (exact) mass is 390 g/mol. The lowest BCUT2D eigenvalue weighted by Crippen LogP contribution is -2.58. The predicted molar refractivity (Wildman–Crippen MR) is 110 cm³/mol. The Hall–Kier alpha value is -1.70. The standard InChI is InChI=1S/C21H34N4O3/c1-15-12-17(16-6-5-7-22-13-16)28-20(27)18(15)19(26)23-14-21(2,3)25-10-8-24(4)9-11-25/h12,16,22H,5-11,13-14H2,1-4H3,(H,23,26). The van der Waals surface area contributed by atoms with E-state index in [1.54, 1.807) is 0 Å². The number of hydrogen-bond acceptors (Lipinski definition) is 6. The fraction of sp³-hybridized carbons (Fsp3) is 0.714. The summed E-state index contributed by atoms with van der Waals surface area (Å²) in [6.07, 6.45) is 2.07. The summed E-state index contributed by atoms with van der Waals surface area (Å²) in [7, 11) is 2.13. The number of carbonyl (C=O) groups excluding carboxylic acids is 1. The average molecular weight is 391 g/mol. The summed E-state index contributed by atoms with van der Waals surface area (Å²) in [6, 6.07) is 1.86. The maximum absolute atomic E-state index is 12.7. The first kappa shape index (κ1) is 21.0. The van der Waals surface area contributed by atoms with Gasteiger partial charge in [-0.15, -0.1) is 0 Å². The zero-order valence-electron chi connectivity index (χ0n) is 17.6. The summed E-state index contributed by atoms with van der Waals surface area (Å²) in [4.78, 5) is 30.0. The Morgan fingerprint density at radius 1 is 1.32 bits per heavy atom. The van der Waals surface area contributed by atoms with E-state index in [2.05, 4.69) is 41.3 Å². The summed E-state index contributed by atoms with van der Waals surface area (Å²) in [5.41, 5.74) is 0.113. The third-order valence-corrected chi connectivity index (χ3v) is 6.13. The van der Waals surface area contributed by atoms with E-state index in [9.17, 15) is 9.59 Å². The van der Waals surface area contributed by atoms with Crippen LogP contribution in [0.1, 0.15) is 54.3 Å². The Kier molecular flexibility index (Phi) is 6.58. The van der Waals surface area contributed by atoms with Gasteiger partial charge >= 0.3 is 5.63 Å². The molecule has 3 rings (SSSR count). The number of piperazine rings is 1. The van der Waals surface area contributed by atoms with Crippen LogP contribution in [0, 0.1) is 6.92 Å². The molecule has 0 aliphatic carbocycles. The molecule has 1 amide bonds. The third kappa shape index (κ3) is 4.82. The third-order valence-electron chi connectivity index (χ3n) is 6.13. The van der Waals surface area contributed by atoms with Crippen LogP contribution in [0.5, 0.6) is 0 Å². The van der Waals surface area contributed by atoms with Crippen LogP contribution in [0.15, 0.2) is 15.3 Å². The molecule has 1 unspecified atom stereocenters. The van der Waals surface area contributed by atoms with Crippen molar-refractivity contribution in [3.05, 3.63) is 33.4 Å². The van der Waals surface area contributed by atoms with Crippen LogP contribution in [0.3, 0.4) is 0 Å². The molecule has 0 saturated carbocycles. The van der Waals surface area contributed by atoms with E-state index in [1.807, 2.05) is 13.0 Å². The number of nitrogens with zero attached hydrogens (tertiary/aromatic N) is 2. The zero-order chi connectivity index (χ0) is 20.3. The van der Waals surface area contributed by atoms with Gasteiger partial charge in [-0.25, -0.2) is 4.79 Å². The molecule has 0 spiro atoms. The van der Waals surface area contributed by atoms with Gasteiger partial charge in [0, 0.05) is 50.7 Å². The zero-order valence-corrected chi connectivity index (χ0v) is 17.6. The number of piperidine rings is 1. The highest BCUT2D eigenvalue weighted by Crippen LogP contribution is 2.23. The lowest BCUT2D eigenvalue weighted by atomic mass is 9.95. The van der Waals surface area contributed by atoms with Gasteiger partial charge in [-0.1, -0.05) is 0 Å². The molecule has 1 aromatic rings. The van der Waals surface area contributed by atoms with Crippen molar-refractivity contribution in [1.82, 2.24) is 20.4 Å². The number of hydrogen-bond donors (Lipinski definition) is 2. The highest BCUT2D eigenvalue weighted by molar-refractivity contribution is 5.95. The molecule has 1 aromatic heterocycles. The Morgan fingerprint density at radius 2 is 2.04 bits per heavy atom. The van der Waals surface area contributed by atoms with E-state index in [4.69, 9.17) is 4.42 Å². The molecule has 2 aliphatic heterocycles. The minimum Gasteiger partial charge on any atom is -0.427 e. The summed E-state index contributed by atoms with van der Waals surface area (Å²) in [5.74, 6) is 0.541. The number of aryl methyl sites for hydroxylation is 1. The number of nitrogens with one attached hydrogen (secondary N) is 2. The highest BCUT2D eigenvalue weighted by Gasteiger charge is 2.30. The SMILES string of the molecule is Cc1cc(C2CCCNC2)oc(=O)c1C(=O)NCC(C)(C)N1CCN(C)CC1. The van der Waals surface area contributed by atoms with Crippen LogP contribution in [-0.4, -0.2) is 74.1 Å². The smallest absolute Gasteiger partial charge is 0.349 e. The molecule has 2 fully saturated rings. The second-order valence-electron chi connectivity index (χ2n) is 8.82. The molecule has 1 atom stereocenters. The molecule has 7 nitrogen and oxygen atoms in total. The quantitative estimate of drug-likeness (QED) is 0.786. The maximum Gasteiger partial charge on any atom is 0.349 e. The fourth-order valence-corrected chi connectivity index (χ4v) is 4.11. The molecular weight excluding hydrogens is 356 g/mol. The van der Waals surface area contributed by atoms with Gasteiger partial charge in [0.05, 0.1) is 0 Å². The summed E-state index contributed by atoms with van der Waals surface area (Å²) in [6.45, 7) is 12.4. The van der Waals surface area contributed by atoms with Crippen molar-refractivity contribution in [3.63, 3.8) is 0 Å². The van der Waals surface area contributed by atoms with Gasteiger partial charge in [0.15, 0.2) is 0 Å². The van der Waals surface area contributed by atoms with E-state index in [-0.39, 0.29) is 22.9 Å². The molecule has 28 heavy (non-hydrogen) atoms. The highest BCUT2D eigenvalue weighted by atomic mass is 16.4. The van der Waals surface area contributed by atoms with Crippen molar-refractivity contribution >= 4 is 5.91 Å². The fourth-order valence-electron chi connectivity index (χ4n) is 4.11. The first-order valence-corrected chi connectivity index (χ1v) is 10.3. The Labute approximate surface area is 167 Å². The minimum atomic E-state index is -0.532. The van der Waals surface area contributed by atoms with Gasteiger partial charge in [-0.2, -0.15) is 0 Å². The second-order valence-corrected chi connectivity index (χ2v) is 8.82. The lowest BCUT2D eigenvalue weighted by Gasteiger charge is -2.43. The molecular formula is C21H34N4O3. The molecule has 3 heterocycles. The van der Waals surface area contributed by atoms with Crippen LogP contribution in [-0.2, 0) is 0 Å². The van der Waals surface area contributed by atoms with Gasteiger partial charge in [0.25, 0.3) is 5.91 Å². The summed E-state index contributed by atoms with van der Waals surface area (Å²) >= 11 is 0. The molecule has 156 valence electrons. The van der Waals surface area contributed by atoms with E-state index in [0.717, 1.165) is 52.1 Å².